The molecule has 0 amide bonds. The maximum Gasteiger partial charge on any atom is 0.339 e. The Kier molecular flexibility index (Phi) is 5.15. The zero-order valence-electron chi connectivity index (χ0n) is 13.2. The van der Waals surface area contributed by atoms with E-state index in [4.69, 9.17) is 0 Å². The predicted molar refractivity (Wildman–Crippen MR) is 83.0 cm³/mol. The number of aromatic nitrogens is 2. The normalized spacial score (nSPS) is 15.4. The number of nitrogens with zero attached hydrogens (tertiary/aromatic N) is 3. The molecule has 1 aromatic heterocycles. The van der Waals surface area contributed by atoms with Crippen LogP contribution in [0.1, 0.15) is 68.1 Å². The van der Waals surface area contributed by atoms with Gasteiger partial charge in [-0.25, -0.2) is 4.79 Å². The second kappa shape index (κ2) is 6.87. The van der Waals surface area contributed by atoms with Crippen molar-refractivity contribution in [2.45, 2.75) is 65.3 Å². The highest BCUT2D eigenvalue weighted by Crippen LogP contribution is 2.31. The average Bonchev–Trinajstić information content (AvgIpc) is 3.01. The second-order valence-electron chi connectivity index (χ2n) is 5.56. The van der Waals surface area contributed by atoms with Gasteiger partial charge in [0.15, 0.2) is 5.82 Å². The molecule has 1 N–H and O–H groups in total. The quantitative estimate of drug-likeness (QED) is 0.872. The Morgan fingerprint density at radius 3 is 2.33 bits per heavy atom. The van der Waals surface area contributed by atoms with Crippen LogP contribution in [0.3, 0.4) is 0 Å². The Balaban J connectivity index is 2.53. The molecule has 1 aromatic rings. The van der Waals surface area contributed by atoms with E-state index in [0.29, 0.717) is 30.3 Å². The van der Waals surface area contributed by atoms with E-state index in [-0.39, 0.29) is 0 Å². The summed E-state index contributed by atoms with van der Waals surface area (Å²) in [5, 5.41) is 18.3. The molecule has 0 radical (unpaired) electrons. The molecular weight excluding hydrogens is 266 g/mol. The van der Waals surface area contributed by atoms with E-state index in [1.54, 1.807) is 0 Å². The van der Waals surface area contributed by atoms with Crippen molar-refractivity contribution in [3.8, 4) is 0 Å². The van der Waals surface area contributed by atoms with Crippen LogP contribution in [0, 0.1) is 0 Å². The number of rotatable bonds is 6. The Morgan fingerprint density at radius 2 is 1.86 bits per heavy atom. The van der Waals surface area contributed by atoms with Crippen LogP contribution in [0.25, 0.3) is 0 Å². The summed E-state index contributed by atoms with van der Waals surface area (Å²) < 4.78 is 0. The molecule has 2 rings (SSSR count). The molecule has 1 heterocycles. The smallest absolute Gasteiger partial charge is 0.339 e. The lowest BCUT2D eigenvalue weighted by molar-refractivity contribution is 0.0695. The Labute approximate surface area is 126 Å². The van der Waals surface area contributed by atoms with Gasteiger partial charge in [-0.2, -0.15) is 5.10 Å². The predicted octanol–water partition coefficient (Wildman–Crippen LogP) is 3.07. The molecule has 0 saturated heterocycles. The van der Waals surface area contributed by atoms with Gasteiger partial charge in [-0.3, -0.25) is 0 Å². The minimum absolute atomic E-state index is 0.359. The molecule has 0 unspecified atom stereocenters. The van der Waals surface area contributed by atoms with E-state index in [2.05, 4.69) is 22.0 Å². The van der Waals surface area contributed by atoms with E-state index in [1.165, 1.54) is 12.8 Å². The minimum atomic E-state index is -0.886. The van der Waals surface area contributed by atoms with Crippen molar-refractivity contribution in [3.05, 3.63) is 16.8 Å². The van der Waals surface area contributed by atoms with Crippen LogP contribution in [0.2, 0.25) is 0 Å². The van der Waals surface area contributed by atoms with E-state index < -0.39 is 5.97 Å². The second-order valence-corrected chi connectivity index (χ2v) is 5.56. The Bertz CT molecular complexity index is 510. The van der Waals surface area contributed by atoms with E-state index in [0.717, 1.165) is 30.6 Å². The lowest BCUT2D eigenvalue weighted by Gasteiger charge is -2.30. The summed E-state index contributed by atoms with van der Waals surface area (Å²) in [6, 6.07) is 0.402. The molecule has 0 aromatic carbocycles. The lowest BCUT2D eigenvalue weighted by Crippen LogP contribution is -2.35. The summed E-state index contributed by atoms with van der Waals surface area (Å²) in [6.45, 7) is 6.81. The maximum atomic E-state index is 11.8. The third kappa shape index (κ3) is 3.01. The van der Waals surface area contributed by atoms with Crippen molar-refractivity contribution in [2.75, 3.05) is 11.4 Å². The number of hydrogen-bond acceptors (Lipinski definition) is 4. The summed E-state index contributed by atoms with van der Waals surface area (Å²) in [4.78, 5) is 14.0. The van der Waals surface area contributed by atoms with Gasteiger partial charge in [0.2, 0.25) is 0 Å². The van der Waals surface area contributed by atoms with Crippen molar-refractivity contribution in [1.82, 2.24) is 10.2 Å². The van der Waals surface area contributed by atoms with Gasteiger partial charge in [0.25, 0.3) is 0 Å². The van der Waals surface area contributed by atoms with Gasteiger partial charge < -0.3 is 10.0 Å². The standard InChI is InChI=1S/C16H25N3O2/c1-4-12-13(5-2)17-18-15(14(12)16(20)21)19(6-3)11-9-7-8-10-11/h11H,4-10H2,1-3H3,(H,20,21). The van der Waals surface area contributed by atoms with Crippen LogP contribution in [0.15, 0.2) is 0 Å². The topological polar surface area (TPSA) is 66.3 Å². The highest BCUT2D eigenvalue weighted by atomic mass is 16.4. The first-order chi connectivity index (χ1) is 10.1. The fourth-order valence-corrected chi connectivity index (χ4v) is 3.38. The third-order valence-electron chi connectivity index (χ3n) is 4.42. The molecule has 0 spiro atoms. The fourth-order valence-electron chi connectivity index (χ4n) is 3.38. The van der Waals surface area contributed by atoms with Crippen LogP contribution in [0.4, 0.5) is 5.82 Å². The zero-order valence-corrected chi connectivity index (χ0v) is 13.2. The van der Waals surface area contributed by atoms with Crippen molar-refractivity contribution in [1.29, 1.82) is 0 Å². The first kappa shape index (κ1) is 15.7. The molecule has 1 aliphatic carbocycles. The van der Waals surface area contributed by atoms with Crippen LogP contribution < -0.4 is 4.90 Å². The summed E-state index contributed by atoms with van der Waals surface area (Å²) in [7, 11) is 0. The monoisotopic (exact) mass is 291 g/mol. The first-order valence-electron chi connectivity index (χ1n) is 8.02. The zero-order chi connectivity index (χ0) is 15.4. The number of carboxylic acid groups (broad SMARTS) is 1. The minimum Gasteiger partial charge on any atom is -0.478 e. The number of aromatic carboxylic acids is 1. The van der Waals surface area contributed by atoms with Gasteiger partial charge in [-0.1, -0.05) is 26.7 Å². The molecule has 1 aliphatic rings. The summed E-state index contributed by atoms with van der Waals surface area (Å²) in [5.74, 6) is -0.325. The van der Waals surface area contributed by atoms with E-state index in [9.17, 15) is 9.90 Å². The van der Waals surface area contributed by atoms with Gasteiger partial charge in [0.05, 0.1) is 5.69 Å². The molecule has 5 heteroatoms. The molecule has 5 nitrogen and oxygen atoms in total. The Morgan fingerprint density at radius 1 is 1.19 bits per heavy atom. The lowest BCUT2D eigenvalue weighted by atomic mass is 10.0. The summed E-state index contributed by atoms with van der Waals surface area (Å²) >= 11 is 0. The van der Waals surface area contributed by atoms with E-state index >= 15 is 0 Å². The SMILES string of the molecule is CCc1nnc(N(CC)C2CCCC2)c(C(=O)O)c1CC. The van der Waals surface area contributed by atoms with Gasteiger partial charge in [0.1, 0.15) is 5.56 Å². The van der Waals surface area contributed by atoms with Gasteiger partial charge >= 0.3 is 5.97 Å². The number of carbonyl (C=O) groups is 1. The number of aryl methyl sites for hydroxylation is 1. The molecule has 1 fully saturated rings. The summed E-state index contributed by atoms with van der Waals surface area (Å²) in [6.07, 6.45) is 6.05. The first-order valence-corrected chi connectivity index (χ1v) is 8.02. The highest BCUT2D eigenvalue weighted by Gasteiger charge is 2.29. The average molecular weight is 291 g/mol. The Hall–Kier alpha value is -1.65. The molecule has 21 heavy (non-hydrogen) atoms. The molecule has 0 bridgehead atoms. The molecule has 1 saturated carbocycles. The van der Waals surface area contributed by atoms with Crippen molar-refractivity contribution < 1.29 is 9.90 Å². The third-order valence-corrected chi connectivity index (χ3v) is 4.42. The van der Waals surface area contributed by atoms with Gasteiger partial charge in [0, 0.05) is 12.6 Å². The van der Waals surface area contributed by atoms with Gasteiger partial charge in [-0.15, -0.1) is 5.10 Å². The maximum absolute atomic E-state index is 11.8. The summed E-state index contributed by atoms with van der Waals surface area (Å²) in [5.41, 5.74) is 2.01. The van der Waals surface area contributed by atoms with E-state index in [1.807, 2.05) is 13.8 Å². The van der Waals surface area contributed by atoms with Crippen LogP contribution in [0.5, 0.6) is 0 Å². The highest BCUT2D eigenvalue weighted by molar-refractivity contribution is 5.95. The van der Waals surface area contributed by atoms with Crippen molar-refractivity contribution in [3.63, 3.8) is 0 Å². The van der Waals surface area contributed by atoms with Crippen molar-refractivity contribution >= 4 is 11.8 Å². The van der Waals surface area contributed by atoms with Gasteiger partial charge in [-0.05, 0) is 38.2 Å². The van der Waals surface area contributed by atoms with Crippen LogP contribution >= 0.6 is 0 Å². The number of hydrogen-bond donors (Lipinski definition) is 1. The largest absolute Gasteiger partial charge is 0.478 e. The number of carboxylic acids is 1. The molecular formula is C16H25N3O2. The molecule has 0 aliphatic heterocycles. The molecule has 0 atom stereocenters. The van der Waals surface area contributed by atoms with Crippen LogP contribution in [-0.2, 0) is 12.8 Å². The fraction of sp³-hybridized carbons (Fsp3) is 0.688. The molecule has 116 valence electrons. The van der Waals surface area contributed by atoms with Crippen molar-refractivity contribution in [2.24, 2.45) is 0 Å². The number of anilines is 1. The van der Waals surface area contributed by atoms with Crippen LogP contribution in [-0.4, -0.2) is 33.9 Å².